The van der Waals surface area contributed by atoms with E-state index in [1.165, 1.54) is 48.8 Å². The Morgan fingerprint density at radius 2 is 1.89 bits per heavy atom. The first-order chi connectivity index (χ1) is 9.15. The van der Waals surface area contributed by atoms with Crippen molar-refractivity contribution in [3.8, 4) is 0 Å². The molecular weight excluding hydrogens is 228 g/mol. The van der Waals surface area contributed by atoms with Crippen molar-refractivity contribution in [2.24, 2.45) is 11.8 Å². The molecule has 0 nitrogen and oxygen atoms in total. The maximum absolute atomic E-state index is 4.29. The minimum atomic E-state index is 0.791. The number of allylic oxidation sites excluding steroid dienone is 3. The van der Waals surface area contributed by atoms with E-state index in [9.17, 15) is 0 Å². The van der Waals surface area contributed by atoms with Crippen molar-refractivity contribution < 1.29 is 0 Å². The summed E-state index contributed by atoms with van der Waals surface area (Å²) in [5.41, 5.74) is 4.38. The lowest BCUT2D eigenvalue weighted by atomic mass is 9.68. The van der Waals surface area contributed by atoms with Gasteiger partial charge in [0.15, 0.2) is 0 Å². The standard InChI is InChI=1S/C19H26/c1-15(2)8-7-9-16(3)19-13-18(14-19)12-17-10-5-4-6-11-17/h4-6,8,10-11,18-19H,3,7,9,12-14H2,1-2H3. The first-order valence-corrected chi connectivity index (χ1v) is 7.50. The zero-order valence-corrected chi connectivity index (χ0v) is 12.4. The molecule has 1 aliphatic rings. The van der Waals surface area contributed by atoms with Crippen LogP contribution in [-0.4, -0.2) is 0 Å². The van der Waals surface area contributed by atoms with Gasteiger partial charge in [-0.2, -0.15) is 0 Å². The van der Waals surface area contributed by atoms with Crippen LogP contribution < -0.4 is 0 Å². The van der Waals surface area contributed by atoms with Gasteiger partial charge in [-0.3, -0.25) is 0 Å². The molecule has 1 aromatic carbocycles. The summed E-state index contributed by atoms with van der Waals surface area (Å²) in [6, 6.07) is 10.9. The molecule has 0 unspecified atom stereocenters. The van der Waals surface area contributed by atoms with Gasteiger partial charge >= 0.3 is 0 Å². The van der Waals surface area contributed by atoms with E-state index in [1.54, 1.807) is 0 Å². The van der Waals surface area contributed by atoms with Crippen LogP contribution in [0.3, 0.4) is 0 Å². The molecule has 2 rings (SSSR count). The molecule has 1 fully saturated rings. The first kappa shape index (κ1) is 14.1. The molecule has 0 heterocycles. The Labute approximate surface area is 118 Å². The van der Waals surface area contributed by atoms with Crippen LogP contribution in [0.5, 0.6) is 0 Å². The van der Waals surface area contributed by atoms with E-state index in [-0.39, 0.29) is 0 Å². The lowest BCUT2D eigenvalue weighted by Crippen LogP contribution is -2.26. The molecule has 102 valence electrons. The van der Waals surface area contributed by atoms with Crippen molar-refractivity contribution in [1.82, 2.24) is 0 Å². The highest BCUT2D eigenvalue weighted by atomic mass is 14.3. The van der Waals surface area contributed by atoms with Gasteiger partial charge in [-0.1, -0.05) is 54.1 Å². The third kappa shape index (κ3) is 4.38. The minimum Gasteiger partial charge on any atom is -0.0996 e. The average Bonchev–Trinajstić information content (AvgIpc) is 2.34. The molecule has 1 aliphatic carbocycles. The molecular formula is C19H26. The summed E-state index contributed by atoms with van der Waals surface area (Å²) < 4.78 is 0. The summed E-state index contributed by atoms with van der Waals surface area (Å²) in [4.78, 5) is 0. The monoisotopic (exact) mass is 254 g/mol. The van der Waals surface area contributed by atoms with Gasteiger partial charge in [0.1, 0.15) is 0 Å². The highest BCUT2D eigenvalue weighted by Crippen LogP contribution is 2.41. The van der Waals surface area contributed by atoms with E-state index in [1.807, 2.05) is 0 Å². The normalized spacial score (nSPS) is 21.6. The molecule has 0 aromatic heterocycles. The number of hydrogen-bond donors (Lipinski definition) is 0. The molecule has 0 radical (unpaired) electrons. The van der Waals surface area contributed by atoms with Crippen molar-refractivity contribution in [1.29, 1.82) is 0 Å². The Morgan fingerprint density at radius 3 is 2.53 bits per heavy atom. The Hall–Kier alpha value is -1.30. The van der Waals surface area contributed by atoms with E-state index in [2.05, 4.69) is 56.8 Å². The van der Waals surface area contributed by atoms with Gasteiger partial charge in [-0.15, -0.1) is 0 Å². The van der Waals surface area contributed by atoms with Gasteiger partial charge in [0, 0.05) is 0 Å². The van der Waals surface area contributed by atoms with Crippen molar-refractivity contribution in [2.45, 2.75) is 46.0 Å². The smallest absolute Gasteiger partial charge is 0.0200 e. The fourth-order valence-corrected chi connectivity index (χ4v) is 2.93. The van der Waals surface area contributed by atoms with Crippen LogP contribution in [0.4, 0.5) is 0 Å². The summed E-state index contributed by atoms with van der Waals surface area (Å²) in [5.74, 6) is 1.67. The van der Waals surface area contributed by atoms with Crippen LogP contribution in [-0.2, 0) is 6.42 Å². The molecule has 0 heteroatoms. The average molecular weight is 254 g/mol. The second-order valence-electron chi connectivity index (χ2n) is 6.20. The largest absolute Gasteiger partial charge is 0.0996 e. The summed E-state index contributed by atoms with van der Waals surface area (Å²) >= 11 is 0. The fourth-order valence-electron chi connectivity index (χ4n) is 2.93. The molecule has 0 bridgehead atoms. The summed E-state index contributed by atoms with van der Waals surface area (Å²) in [6.07, 6.45) is 8.61. The van der Waals surface area contributed by atoms with Crippen molar-refractivity contribution in [2.75, 3.05) is 0 Å². The Kier molecular flexibility index (Phi) is 5.01. The highest BCUT2D eigenvalue weighted by Gasteiger charge is 2.30. The highest BCUT2D eigenvalue weighted by molar-refractivity contribution is 5.17. The van der Waals surface area contributed by atoms with Crippen LogP contribution in [0.25, 0.3) is 0 Å². The van der Waals surface area contributed by atoms with Crippen LogP contribution in [0.1, 0.15) is 45.1 Å². The first-order valence-electron chi connectivity index (χ1n) is 7.50. The third-order valence-electron chi connectivity index (χ3n) is 4.20. The molecule has 0 atom stereocenters. The quantitative estimate of drug-likeness (QED) is 0.583. The van der Waals surface area contributed by atoms with Gasteiger partial charge in [0.05, 0.1) is 0 Å². The number of hydrogen-bond acceptors (Lipinski definition) is 0. The lowest BCUT2D eigenvalue weighted by molar-refractivity contribution is 0.223. The van der Waals surface area contributed by atoms with Gasteiger partial charge in [0.2, 0.25) is 0 Å². The molecule has 0 spiro atoms. The zero-order valence-electron chi connectivity index (χ0n) is 12.4. The second kappa shape index (κ2) is 6.75. The van der Waals surface area contributed by atoms with E-state index >= 15 is 0 Å². The SMILES string of the molecule is C=C(CCC=C(C)C)C1CC(Cc2ccccc2)C1. The van der Waals surface area contributed by atoms with Gasteiger partial charge in [-0.25, -0.2) is 0 Å². The predicted molar refractivity (Wildman–Crippen MR) is 84.2 cm³/mol. The third-order valence-corrected chi connectivity index (χ3v) is 4.20. The molecule has 19 heavy (non-hydrogen) atoms. The van der Waals surface area contributed by atoms with Crippen LogP contribution in [0.2, 0.25) is 0 Å². The zero-order chi connectivity index (χ0) is 13.7. The predicted octanol–water partition coefficient (Wildman–Crippen LogP) is 5.56. The van der Waals surface area contributed by atoms with E-state index in [0.717, 1.165) is 11.8 Å². The van der Waals surface area contributed by atoms with Crippen molar-refractivity contribution in [3.05, 3.63) is 59.7 Å². The molecule has 1 saturated carbocycles. The molecule has 0 N–H and O–H groups in total. The van der Waals surface area contributed by atoms with Gasteiger partial charge < -0.3 is 0 Å². The summed E-state index contributed by atoms with van der Waals surface area (Å²) in [5, 5.41) is 0. The van der Waals surface area contributed by atoms with Gasteiger partial charge in [0.25, 0.3) is 0 Å². The van der Waals surface area contributed by atoms with E-state index in [4.69, 9.17) is 0 Å². The van der Waals surface area contributed by atoms with E-state index in [0.29, 0.717) is 0 Å². The van der Waals surface area contributed by atoms with Crippen molar-refractivity contribution in [3.63, 3.8) is 0 Å². The topological polar surface area (TPSA) is 0 Å². The van der Waals surface area contributed by atoms with Crippen LogP contribution >= 0.6 is 0 Å². The molecule has 0 aliphatic heterocycles. The van der Waals surface area contributed by atoms with Crippen LogP contribution in [0, 0.1) is 11.8 Å². The maximum Gasteiger partial charge on any atom is -0.0200 e. The molecule has 0 amide bonds. The van der Waals surface area contributed by atoms with Crippen molar-refractivity contribution >= 4 is 0 Å². The van der Waals surface area contributed by atoms with E-state index < -0.39 is 0 Å². The fraction of sp³-hybridized carbons (Fsp3) is 0.474. The summed E-state index contributed by atoms with van der Waals surface area (Å²) in [6.45, 7) is 8.62. The Morgan fingerprint density at radius 1 is 1.21 bits per heavy atom. The summed E-state index contributed by atoms with van der Waals surface area (Å²) in [7, 11) is 0. The second-order valence-corrected chi connectivity index (χ2v) is 6.20. The minimum absolute atomic E-state index is 0.791. The number of benzene rings is 1. The number of rotatable bonds is 6. The van der Waals surface area contributed by atoms with Gasteiger partial charge in [-0.05, 0) is 63.4 Å². The molecule has 1 aromatic rings. The Balaban J connectivity index is 1.68. The lowest BCUT2D eigenvalue weighted by Gasteiger charge is -2.37. The van der Waals surface area contributed by atoms with Crippen LogP contribution in [0.15, 0.2) is 54.1 Å². The molecule has 0 saturated heterocycles. The Bertz CT molecular complexity index is 428. The maximum atomic E-state index is 4.29.